The van der Waals surface area contributed by atoms with Crippen molar-refractivity contribution in [3.8, 4) is 0 Å². The standard InChI is InChI=1S/C13H15NO/c1-3-7-11-8-5-6-9-12(11)13(4-2)14-10-15/h3,5-9,13H,4H2,1-2H3/b7-3-. The van der Waals surface area contributed by atoms with Gasteiger partial charge in [0.15, 0.2) is 0 Å². The molecule has 2 nitrogen and oxygen atoms in total. The van der Waals surface area contributed by atoms with Gasteiger partial charge in [-0.25, -0.2) is 4.79 Å². The molecular weight excluding hydrogens is 186 g/mol. The summed E-state index contributed by atoms with van der Waals surface area (Å²) in [4.78, 5) is 14.1. The molecule has 0 saturated heterocycles. The second kappa shape index (κ2) is 5.94. The predicted molar refractivity (Wildman–Crippen MR) is 62.3 cm³/mol. The first-order valence-electron chi connectivity index (χ1n) is 5.12. The summed E-state index contributed by atoms with van der Waals surface area (Å²) in [5.74, 6) is 0. The number of hydrogen-bond donors (Lipinski definition) is 0. The first-order chi connectivity index (χ1) is 7.33. The molecule has 0 aromatic heterocycles. The lowest BCUT2D eigenvalue weighted by Gasteiger charge is -2.11. The molecule has 15 heavy (non-hydrogen) atoms. The summed E-state index contributed by atoms with van der Waals surface area (Å²) in [6.07, 6.45) is 6.46. The molecule has 0 fully saturated rings. The van der Waals surface area contributed by atoms with Gasteiger partial charge in [-0.05, 0) is 24.5 Å². The zero-order valence-corrected chi connectivity index (χ0v) is 9.10. The molecule has 2 heteroatoms. The van der Waals surface area contributed by atoms with Crippen LogP contribution >= 0.6 is 0 Å². The van der Waals surface area contributed by atoms with E-state index in [0.717, 1.165) is 17.5 Å². The summed E-state index contributed by atoms with van der Waals surface area (Å²) in [5.41, 5.74) is 2.20. The van der Waals surface area contributed by atoms with Gasteiger partial charge in [-0.15, -0.1) is 0 Å². The number of hydrogen-bond acceptors (Lipinski definition) is 2. The summed E-state index contributed by atoms with van der Waals surface area (Å²) in [6.45, 7) is 3.98. The minimum atomic E-state index is -0.0742. The Morgan fingerprint density at radius 1 is 1.47 bits per heavy atom. The summed E-state index contributed by atoms with van der Waals surface area (Å²) in [5, 5.41) is 0. The van der Waals surface area contributed by atoms with Crippen LogP contribution in [-0.4, -0.2) is 6.08 Å². The van der Waals surface area contributed by atoms with E-state index in [-0.39, 0.29) is 6.04 Å². The average molecular weight is 201 g/mol. The van der Waals surface area contributed by atoms with Gasteiger partial charge in [-0.1, -0.05) is 43.3 Å². The number of benzene rings is 1. The smallest absolute Gasteiger partial charge is 0.211 e. The van der Waals surface area contributed by atoms with Crippen molar-refractivity contribution in [1.82, 2.24) is 0 Å². The van der Waals surface area contributed by atoms with Crippen molar-refractivity contribution in [2.24, 2.45) is 4.99 Å². The third-order valence-electron chi connectivity index (χ3n) is 2.30. The number of aliphatic imine (C=N–C) groups is 1. The molecule has 0 saturated carbocycles. The van der Waals surface area contributed by atoms with Gasteiger partial charge in [0.25, 0.3) is 0 Å². The van der Waals surface area contributed by atoms with Crippen LogP contribution in [0.25, 0.3) is 6.08 Å². The highest BCUT2D eigenvalue weighted by atomic mass is 16.1. The lowest BCUT2D eigenvalue weighted by molar-refractivity contribution is 0.556. The van der Waals surface area contributed by atoms with E-state index in [2.05, 4.69) is 4.99 Å². The van der Waals surface area contributed by atoms with Crippen molar-refractivity contribution in [1.29, 1.82) is 0 Å². The van der Waals surface area contributed by atoms with E-state index in [0.29, 0.717) is 0 Å². The number of allylic oxidation sites excluding steroid dienone is 1. The van der Waals surface area contributed by atoms with Crippen molar-refractivity contribution in [3.05, 3.63) is 41.5 Å². The molecule has 0 bridgehead atoms. The molecule has 0 spiro atoms. The Balaban J connectivity index is 3.15. The minimum absolute atomic E-state index is 0.0742. The summed E-state index contributed by atoms with van der Waals surface area (Å²) in [7, 11) is 0. The highest BCUT2D eigenvalue weighted by molar-refractivity contribution is 5.55. The quantitative estimate of drug-likeness (QED) is 0.541. The molecule has 78 valence electrons. The van der Waals surface area contributed by atoms with Crippen molar-refractivity contribution < 1.29 is 4.79 Å². The van der Waals surface area contributed by atoms with Crippen LogP contribution in [0.5, 0.6) is 0 Å². The molecule has 0 heterocycles. The Hall–Kier alpha value is -1.66. The van der Waals surface area contributed by atoms with E-state index < -0.39 is 0 Å². The molecule has 1 aromatic carbocycles. The van der Waals surface area contributed by atoms with E-state index in [1.54, 1.807) is 6.08 Å². The maximum absolute atomic E-state index is 10.3. The molecule has 0 aliphatic carbocycles. The van der Waals surface area contributed by atoms with Crippen LogP contribution in [0.15, 0.2) is 35.3 Å². The fourth-order valence-electron chi connectivity index (χ4n) is 1.59. The molecule has 1 rings (SSSR count). The van der Waals surface area contributed by atoms with E-state index in [1.165, 1.54) is 0 Å². The van der Waals surface area contributed by atoms with Crippen LogP contribution in [0.4, 0.5) is 0 Å². The molecule has 0 radical (unpaired) electrons. The monoisotopic (exact) mass is 201 g/mol. The van der Waals surface area contributed by atoms with Gasteiger partial charge in [0.1, 0.15) is 0 Å². The normalized spacial score (nSPS) is 12.4. The van der Waals surface area contributed by atoms with Crippen molar-refractivity contribution in [3.63, 3.8) is 0 Å². The van der Waals surface area contributed by atoms with Gasteiger partial charge < -0.3 is 0 Å². The van der Waals surface area contributed by atoms with Crippen molar-refractivity contribution >= 4 is 12.2 Å². The van der Waals surface area contributed by atoms with Gasteiger partial charge >= 0.3 is 0 Å². The zero-order valence-electron chi connectivity index (χ0n) is 9.10. The zero-order chi connectivity index (χ0) is 11.1. The van der Waals surface area contributed by atoms with Crippen LogP contribution in [0.2, 0.25) is 0 Å². The predicted octanol–water partition coefficient (Wildman–Crippen LogP) is 3.51. The second-order valence-corrected chi connectivity index (χ2v) is 3.27. The van der Waals surface area contributed by atoms with Gasteiger partial charge in [0, 0.05) is 0 Å². The van der Waals surface area contributed by atoms with E-state index >= 15 is 0 Å². The number of isocyanates is 1. The molecule has 0 amide bonds. The molecular formula is C13H15NO. The molecule has 0 aliphatic heterocycles. The van der Waals surface area contributed by atoms with Crippen molar-refractivity contribution in [2.75, 3.05) is 0 Å². The van der Waals surface area contributed by atoms with Crippen LogP contribution in [-0.2, 0) is 4.79 Å². The lowest BCUT2D eigenvalue weighted by Crippen LogP contribution is -1.96. The molecule has 0 N–H and O–H groups in total. The molecule has 0 aliphatic rings. The maximum atomic E-state index is 10.3. The summed E-state index contributed by atoms with van der Waals surface area (Å²) in [6, 6.07) is 7.90. The Bertz CT molecular complexity index is 389. The Kier molecular flexibility index (Phi) is 4.52. The number of carbonyl (C=O) groups excluding carboxylic acids is 1. The van der Waals surface area contributed by atoms with Crippen LogP contribution in [0, 0.1) is 0 Å². The number of nitrogens with zero attached hydrogens (tertiary/aromatic N) is 1. The van der Waals surface area contributed by atoms with Crippen LogP contribution in [0.3, 0.4) is 0 Å². The summed E-state index contributed by atoms with van der Waals surface area (Å²) >= 11 is 0. The van der Waals surface area contributed by atoms with Gasteiger partial charge in [0.05, 0.1) is 6.04 Å². The minimum Gasteiger partial charge on any atom is -0.211 e. The van der Waals surface area contributed by atoms with Crippen LogP contribution in [0.1, 0.15) is 37.4 Å². The van der Waals surface area contributed by atoms with E-state index in [4.69, 9.17) is 0 Å². The lowest BCUT2D eigenvalue weighted by atomic mass is 9.99. The third kappa shape index (κ3) is 2.90. The Morgan fingerprint density at radius 3 is 2.80 bits per heavy atom. The average Bonchev–Trinajstić information content (AvgIpc) is 2.27. The third-order valence-corrected chi connectivity index (χ3v) is 2.30. The second-order valence-electron chi connectivity index (χ2n) is 3.27. The maximum Gasteiger partial charge on any atom is 0.235 e. The van der Waals surface area contributed by atoms with Crippen molar-refractivity contribution in [2.45, 2.75) is 26.3 Å². The Morgan fingerprint density at radius 2 is 2.20 bits per heavy atom. The Labute approximate surface area is 90.4 Å². The van der Waals surface area contributed by atoms with E-state index in [1.807, 2.05) is 50.3 Å². The molecule has 1 unspecified atom stereocenters. The van der Waals surface area contributed by atoms with Crippen LogP contribution < -0.4 is 0 Å². The number of rotatable bonds is 4. The fraction of sp³-hybridized carbons (Fsp3) is 0.308. The highest BCUT2D eigenvalue weighted by Gasteiger charge is 2.09. The first kappa shape index (κ1) is 11.4. The SMILES string of the molecule is C/C=C\c1ccccc1C(CC)N=C=O. The van der Waals surface area contributed by atoms with Gasteiger partial charge in [0.2, 0.25) is 6.08 Å². The topological polar surface area (TPSA) is 29.4 Å². The van der Waals surface area contributed by atoms with Gasteiger partial charge in [-0.2, -0.15) is 4.99 Å². The fourth-order valence-corrected chi connectivity index (χ4v) is 1.59. The molecule has 1 atom stereocenters. The first-order valence-corrected chi connectivity index (χ1v) is 5.12. The molecule has 1 aromatic rings. The summed E-state index contributed by atoms with van der Waals surface area (Å²) < 4.78 is 0. The highest BCUT2D eigenvalue weighted by Crippen LogP contribution is 2.24. The van der Waals surface area contributed by atoms with E-state index in [9.17, 15) is 4.79 Å². The largest absolute Gasteiger partial charge is 0.235 e. The van der Waals surface area contributed by atoms with Gasteiger partial charge in [-0.3, -0.25) is 0 Å².